The molecule has 0 heterocycles. The third-order valence-corrected chi connectivity index (χ3v) is 3.93. The second-order valence-electron chi connectivity index (χ2n) is 3.91. The van der Waals surface area contributed by atoms with Gasteiger partial charge in [-0.25, -0.2) is 13.1 Å². The van der Waals surface area contributed by atoms with E-state index in [1.54, 1.807) is 31.2 Å². The van der Waals surface area contributed by atoms with Gasteiger partial charge in [-0.1, -0.05) is 19.1 Å². The quantitative estimate of drug-likeness (QED) is 0.638. The number of nitrogens with one attached hydrogen (secondary N) is 3. The molecular weight excluding hydrogens is 266 g/mol. The van der Waals surface area contributed by atoms with E-state index in [2.05, 4.69) is 15.4 Å². The molecule has 19 heavy (non-hydrogen) atoms. The van der Waals surface area contributed by atoms with Crippen LogP contribution in [0.2, 0.25) is 0 Å². The van der Waals surface area contributed by atoms with Gasteiger partial charge in [0.15, 0.2) is 0 Å². The minimum atomic E-state index is -3.49. The number of amides is 1. The topological polar surface area (TPSA) is 87.3 Å². The molecule has 0 fully saturated rings. The number of hydrogen-bond donors (Lipinski definition) is 3. The number of hydrogen-bond acceptors (Lipinski definition) is 4. The van der Waals surface area contributed by atoms with Crippen molar-refractivity contribution in [3.05, 3.63) is 24.3 Å². The van der Waals surface area contributed by atoms with Crippen molar-refractivity contribution in [2.24, 2.45) is 0 Å². The summed E-state index contributed by atoms with van der Waals surface area (Å²) in [6.45, 7) is 4.39. The van der Waals surface area contributed by atoms with E-state index >= 15 is 0 Å². The summed E-state index contributed by atoms with van der Waals surface area (Å²) in [6, 6.07) is 6.66. The third-order valence-electron chi connectivity index (χ3n) is 2.33. The molecule has 0 unspecified atom stereocenters. The fourth-order valence-corrected chi connectivity index (χ4v) is 2.77. The van der Waals surface area contributed by atoms with Gasteiger partial charge in [0.05, 0.1) is 5.69 Å². The van der Waals surface area contributed by atoms with Gasteiger partial charge in [-0.3, -0.25) is 4.79 Å². The predicted octanol–water partition coefficient (Wildman–Crippen LogP) is 0.533. The van der Waals surface area contributed by atoms with Crippen molar-refractivity contribution in [1.82, 2.24) is 10.0 Å². The highest BCUT2D eigenvalue weighted by atomic mass is 32.2. The predicted molar refractivity (Wildman–Crippen MR) is 74.5 cm³/mol. The number of para-hydroxylation sites is 1. The van der Waals surface area contributed by atoms with Crippen LogP contribution in [0.15, 0.2) is 29.2 Å². The van der Waals surface area contributed by atoms with Crippen molar-refractivity contribution < 1.29 is 13.2 Å². The molecular formula is C12H19N3O3S. The second kappa shape index (κ2) is 7.10. The number of carbonyl (C=O) groups excluding carboxylic acids is 1. The van der Waals surface area contributed by atoms with Crippen LogP contribution in [0.5, 0.6) is 0 Å². The lowest BCUT2D eigenvalue weighted by Gasteiger charge is -2.12. The monoisotopic (exact) mass is 285 g/mol. The first-order chi connectivity index (χ1) is 8.97. The van der Waals surface area contributed by atoms with Gasteiger partial charge in [0.2, 0.25) is 15.9 Å². The van der Waals surface area contributed by atoms with E-state index < -0.39 is 10.0 Å². The number of rotatable bonds is 7. The number of sulfonamides is 1. The van der Waals surface area contributed by atoms with Gasteiger partial charge in [-0.2, -0.15) is 0 Å². The molecule has 1 amide bonds. The van der Waals surface area contributed by atoms with E-state index in [-0.39, 0.29) is 10.8 Å². The van der Waals surface area contributed by atoms with Gasteiger partial charge in [0.1, 0.15) is 4.90 Å². The molecule has 7 heteroatoms. The molecule has 0 atom stereocenters. The van der Waals surface area contributed by atoms with Crippen LogP contribution in [-0.2, 0) is 14.8 Å². The summed E-state index contributed by atoms with van der Waals surface area (Å²) in [6.07, 6.45) is 0. The molecule has 1 aromatic rings. The van der Waals surface area contributed by atoms with Crippen LogP contribution in [0.25, 0.3) is 0 Å². The Morgan fingerprint density at radius 2 is 1.89 bits per heavy atom. The van der Waals surface area contributed by atoms with Crippen LogP contribution >= 0.6 is 0 Å². The lowest BCUT2D eigenvalue weighted by molar-refractivity contribution is -0.118. The first-order valence-corrected chi connectivity index (χ1v) is 7.52. The molecule has 0 spiro atoms. The van der Waals surface area contributed by atoms with E-state index in [4.69, 9.17) is 0 Å². The summed E-state index contributed by atoms with van der Waals surface area (Å²) in [4.78, 5) is 10.9. The first-order valence-electron chi connectivity index (χ1n) is 6.04. The molecule has 0 aliphatic heterocycles. The Labute approximate surface area is 113 Å². The van der Waals surface area contributed by atoms with Gasteiger partial charge < -0.3 is 10.6 Å². The molecule has 0 bridgehead atoms. The van der Waals surface area contributed by atoms with Crippen LogP contribution in [-0.4, -0.2) is 34.0 Å². The molecule has 6 nitrogen and oxygen atoms in total. The van der Waals surface area contributed by atoms with Crippen LogP contribution in [0.4, 0.5) is 5.69 Å². The largest absolute Gasteiger partial charge is 0.382 e. The van der Waals surface area contributed by atoms with Crippen molar-refractivity contribution >= 4 is 21.6 Å². The SMILES string of the molecule is CCNS(=O)(=O)c1ccccc1NCCNC(C)=O. The highest BCUT2D eigenvalue weighted by Crippen LogP contribution is 2.19. The Morgan fingerprint density at radius 1 is 1.21 bits per heavy atom. The van der Waals surface area contributed by atoms with Crippen molar-refractivity contribution in [3.8, 4) is 0 Å². The summed E-state index contributed by atoms with van der Waals surface area (Å²) in [5.41, 5.74) is 0.522. The summed E-state index contributed by atoms with van der Waals surface area (Å²) in [5.74, 6) is -0.115. The third kappa shape index (κ3) is 4.88. The smallest absolute Gasteiger partial charge is 0.242 e. The van der Waals surface area contributed by atoms with Crippen molar-refractivity contribution in [3.63, 3.8) is 0 Å². The Morgan fingerprint density at radius 3 is 2.53 bits per heavy atom. The number of anilines is 1. The maximum absolute atomic E-state index is 12.0. The Bertz CT molecular complexity index is 529. The molecule has 106 valence electrons. The Balaban J connectivity index is 2.76. The molecule has 0 aliphatic carbocycles. The highest BCUT2D eigenvalue weighted by molar-refractivity contribution is 7.89. The lowest BCUT2D eigenvalue weighted by atomic mass is 10.3. The van der Waals surface area contributed by atoms with Crippen LogP contribution in [0, 0.1) is 0 Å². The van der Waals surface area contributed by atoms with E-state index in [0.29, 0.717) is 25.3 Å². The van der Waals surface area contributed by atoms with Crippen LogP contribution in [0.3, 0.4) is 0 Å². The van der Waals surface area contributed by atoms with Crippen molar-refractivity contribution in [1.29, 1.82) is 0 Å². The average Bonchev–Trinajstić information content (AvgIpc) is 2.35. The fraction of sp³-hybridized carbons (Fsp3) is 0.417. The summed E-state index contributed by atoms with van der Waals surface area (Å²) in [5, 5.41) is 5.63. The zero-order valence-electron chi connectivity index (χ0n) is 11.1. The Kier molecular flexibility index (Phi) is 5.78. The summed E-state index contributed by atoms with van der Waals surface area (Å²) >= 11 is 0. The molecule has 3 N–H and O–H groups in total. The maximum Gasteiger partial charge on any atom is 0.242 e. The second-order valence-corrected chi connectivity index (χ2v) is 5.64. The van der Waals surface area contributed by atoms with Gasteiger partial charge >= 0.3 is 0 Å². The molecule has 0 aromatic heterocycles. The summed E-state index contributed by atoms with van der Waals surface area (Å²) in [7, 11) is -3.49. The molecule has 1 rings (SSSR count). The van der Waals surface area contributed by atoms with E-state index in [0.717, 1.165) is 0 Å². The van der Waals surface area contributed by atoms with Crippen molar-refractivity contribution in [2.45, 2.75) is 18.7 Å². The standard InChI is InChI=1S/C12H19N3O3S/c1-3-15-19(17,18)12-7-5-4-6-11(12)14-9-8-13-10(2)16/h4-7,14-15H,3,8-9H2,1-2H3,(H,13,16). The minimum absolute atomic E-state index is 0.115. The van der Waals surface area contributed by atoms with Crippen molar-refractivity contribution in [2.75, 3.05) is 25.0 Å². The molecule has 0 saturated heterocycles. The Hall–Kier alpha value is -1.60. The molecule has 0 aliphatic rings. The zero-order chi connectivity index (χ0) is 14.3. The maximum atomic E-state index is 12.0. The van der Waals surface area contributed by atoms with E-state index in [9.17, 15) is 13.2 Å². The average molecular weight is 285 g/mol. The molecule has 0 radical (unpaired) electrons. The summed E-state index contributed by atoms with van der Waals surface area (Å²) < 4.78 is 26.4. The lowest BCUT2D eigenvalue weighted by Crippen LogP contribution is -2.27. The zero-order valence-corrected chi connectivity index (χ0v) is 11.9. The highest BCUT2D eigenvalue weighted by Gasteiger charge is 2.16. The molecule has 0 saturated carbocycles. The van der Waals surface area contributed by atoms with Gasteiger partial charge in [0, 0.05) is 26.6 Å². The van der Waals surface area contributed by atoms with Crippen LogP contribution < -0.4 is 15.4 Å². The number of carbonyl (C=O) groups is 1. The molecule has 1 aromatic carbocycles. The minimum Gasteiger partial charge on any atom is -0.382 e. The normalized spacial score (nSPS) is 11.1. The fourth-order valence-electron chi connectivity index (χ4n) is 1.55. The van der Waals surface area contributed by atoms with E-state index in [1.807, 2.05) is 0 Å². The van der Waals surface area contributed by atoms with Crippen LogP contribution in [0.1, 0.15) is 13.8 Å². The first kappa shape index (κ1) is 15.5. The van der Waals surface area contributed by atoms with Gasteiger partial charge in [0.25, 0.3) is 0 Å². The van der Waals surface area contributed by atoms with E-state index in [1.165, 1.54) is 6.92 Å². The van der Waals surface area contributed by atoms with Gasteiger partial charge in [-0.15, -0.1) is 0 Å². The van der Waals surface area contributed by atoms with Gasteiger partial charge in [-0.05, 0) is 12.1 Å². The number of benzene rings is 1.